The molecule has 0 saturated carbocycles. The first-order valence-corrected chi connectivity index (χ1v) is 6.81. The molecule has 0 aliphatic heterocycles. The lowest BCUT2D eigenvalue weighted by Crippen LogP contribution is -2.20. The highest BCUT2D eigenvalue weighted by atomic mass is 16.6. The maximum atomic E-state index is 11.8. The van der Waals surface area contributed by atoms with Crippen LogP contribution in [-0.2, 0) is 4.79 Å². The van der Waals surface area contributed by atoms with Gasteiger partial charge in [0.2, 0.25) is 0 Å². The van der Waals surface area contributed by atoms with Crippen molar-refractivity contribution in [2.45, 2.75) is 6.92 Å². The number of benzene rings is 2. The largest absolute Gasteiger partial charge is 0.496 e. The number of amides is 1. The molecule has 0 saturated heterocycles. The summed E-state index contributed by atoms with van der Waals surface area (Å²) < 4.78 is 10.2. The number of nitrogens with one attached hydrogen (secondary N) is 1. The second-order valence-electron chi connectivity index (χ2n) is 4.79. The van der Waals surface area contributed by atoms with E-state index >= 15 is 0 Å². The molecule has 0 unspecified atom stereocenters. The number of nitro groups is 1. The standard InChI is InChI=1S/C16H16N2O5/c1-11-3-5-12(6-4-11)17-16(19)10-23-15-8-7-13(22-2)9-14(15)18(20)21/h3-9H,10H2,1-2H3,(H,17,19). The quantitative estimate of drug-likeness (QED) is 0.653. The van der Waals surface area contributed by atoms with Crippen molar-refractivity contribution >= 4 is 17.3 Å². The summed E-state index contributed by atoms with van der Waals surface area (Å²) in [7, 11) is 1.41. The summed E-state index contributed by atoms with van der Waals surface area (Å²) in [5.74, 6) is -0.0537. The van der Waals surface area contributed by atoms with Crippen LogP contribution in [0.25, 0.3) is 0 Å². The maximum absolute atomic E-state index is 11.8. The van der Waals surface area contributed by atoms with Gasteiger partial charge in [-0.15, -0.1) is 0 Å². The zero-order chi connectivity index (χ0) is 16.8. The van der Waals surface area contributed by atoms with Gasteiger partial charge in [0.05, 0.1) is 18.1 Å². The summed E-state index contributed by atoms with van der Waals surface area (Å²) in [4.78, 5) is 22.3. The van der Waals surface area contributed by atoms with E-state index < -0.39 is 10.8 Å². The van der Waals surface area contributed by atoms with Crippen LogP contribution in [0, 0.1) is 17.0 Å². The smallest absolute Gasteiger partial charge is 0.314 e. The predicted octanol–water partition coefficient (Wildman–Crippen LogP) is 2.93. The molecule has 0 bridgehead atoms. The van der Waals surface area contributed by atoms with E-state index in [1.807, 2.05) is 19.1 Å². The fraction of sp³-hybridized carbons (Fsp3) is 0.188. The summed E-state index contributed by atoms with van der Waals surface area (Å²) in [6.45, 7) is 1.61. The molecule has 0 fully saturated rings. The van der Waals surface area contributed by atoms with Crippen molar-refractivity contribution in [3.8, 4) is 11.5 Å². The van der Waals surface area contributed by atoms with Gasteiger partial charge in [-0.3, -0.25) is 14.9 Å². The number of hydrogen-bond donors (Lipinski definition) is 1. The van der Waals surface area contributed by atoms with E-state index in [0.717, 1.165) is 5.56 Å². The number of nitrogens with zero attached hydrogens (tertiary/aromatic N) is 1. The van der Waals surface area contributed by atoms with E-state index in [-0.39, 0.29) is 18.0 Å². The number of ether oxygens (including phenoxy) is 2. The van der Waals surface area contributed by atoms with Gasteiger partial charge in [0.25, 0.3) is 5.91 Å². The zero-order valence-corrected chi connectivity index (χ0v) is 12.7. The Kier molecular flexibility index (Phi) is 5.14. The Bertz CT molecular complexity index is 713. The van der Waals surface area contributed by atoms with E-state index in [4.69, 9.17) is 9.47 Å². The van der Waals surface area contributed by atoms with E-state index in [1.54, 1.807) is 12.1 Å². The molecule has 2 aromatic rings. The minimum absolute atomic E-state index is 0.00913. The third-order valence-corrected chi connectivity index (χ3v) is 3.06. The summed E-state index contributed by atoms with van der Waals surface area (Å²) in [5, 5.41) is 13.7. The Labute approximate surface area is 133 Å². The number of carbonyl (C=O) groups is 1. The Hall–Kier alpha value is -3.09. The summed E-state index contributed by atoms with van der Waals surface area (Å²) in [6, 6.07) is 11.4. The minimum Gasteiger partial charge on any atom is -0.496 e. The lowest BCUT2D eigenvalue weighted by atomic mass is 10.2. The number of aryl methyl sites for hydroxylation is 1. The van der Waals surface area contributed by atoms with E-state index in [9.17, 15) is 14.9 Å². The van der Waals surface area contributed by atoms with Crippen molar-refractivity contribution in [2.75, 3.05) is 19.0 Å². The normalized spacial score (nSPS) is 10.0. The number of rotatable bonds is 6. The first-order valence-electron chi connectivity index (χ1n) is 6.81. The molecule has 0 aliphatic carbocycles. The van der Waals surface area contributed by atoms with Gasteiger partial charge >= 0.3 is 5.69 Å². The van der Waals surface area contributed by atoms with Crippen LogP contribution >= 0.6 is 0 Å². The molecule has 7 heteroatoms. The van der Waals surface area contributed by atoms with Crippen LogP contribution in [0.15, 0.2) is 42.5 Å². The topological polar surface area (TPSA) is 90.7 Å². The predicted molar refractivity (Wildman–Crippen MR) is 85.0 cm³/mol. The van der Waals surface area contributed by atoms with E-state index in [2.05, 4.69) is 5.32 Å². The van der Waals surface area contributed by atoms with Crippen molar-refractivity contribution in [3.63, 3.8) is 0 Å². The van der Waals surface area contributed by atoms with Crippen LogP contribution in [-0.4, -0.2) is 24.5 Å². The maximum Gasteiger partial charge on any atom is 0.314 e. The highest BCUT2D eigenvalue weighted by molar-refractivity contribution is 5.91. The van der Waals surface area contributed by atoms with Crippen LogP contribution < -0.4 is 14.8 Å². The first kappa shape index (κ1) is 16.3. The summed E-state index contributed by atoms with van der Waals surface area (Å²) in [6.07, 6.45) is 0. The highest BCUT2D eigenvalue weighted by Gasteiger charge is 2.17. The summed E-state index contributed by atoms with van der Waals surface area (Å²) in [5.41, 5.74) is 1.45. The van der Waals surface area contributed by atoms with Crippen LogP contribution in [0.1, 0.15) is 5.56 Å². The zero-order valence-electron chi connectivity index (χ0n) is 12.7. The van der Waals surface area contributed by atoms with Crippen LogP contribution in [0.5, 0.6) is 11.5 Å². The molecular weight excluding hydrogens is 300 g/mol. The Morgan fingerprint density at radius 1 is 1.22 bits per heavy atom. The van der Waals surface area contributed by atoms with Crippen molar-refractivity contribution in [1.82, 2.24) is 0 Å². The van der Waals surface area contributed by atoms with Gasteiger partial charge in [0.15, 0.2) is 12.4 Å². The molecule has 120 valence electrons. The molecule has 1 amide bonds. The summed E-state index contributed by atoms with van der Waals surface area (Å²) >= 11 is 0. The van der Waals surface area contributed by atoms with E-state index in [0.29, 0.717) is 11.4 Å². The molecule has 0 heterocycles. The number of carbonyl (C=O) groups excluding carboxylic acids is 1. The van der Waals surface area contributed by atoms with Gasteiger partial charge in [0.1, 0.15) is 5.75 Å². The molecule has 1 N–H and O–H groups in total. The SMILES string of the molecule is COc1ccc(OCC(=O)Nc2ccc(C)cc2)c([N+](=O)[O-])c1. The molecule has 0 aromatic heterocycles. The van der Waals surface area contributed by atoms with E-state index in [1.165, 1.54) is 25.3 Å². The lowest BCUT2D eigenvalue weighted by molar-refractivity contribution is -0.385. The molecular formula is C16H16N2O5. The van der Waals surface area contributed by atoms with Gasteiger partial charge in [-0.25, -0.2) is 0 Å². The monoisotopic (exact) mass is 316 g/mol. The van der Waals surface area contributed by atoms with Crippen LogP contribution in [0.4, 0.5) is 11.4 Å². The fourth-order valence-corrected chi connectivity index (χ4v) is 1.87. The molecule has 0 atom stereocenters. The number of hydrogen-bond acceptors (Lipinski definition) is 5. The highest BCUT2D eigenvalue weighted by Crippen LogP contribution is 2.30. The molecule has 0 aliphatic rings. The third-order valence-electron chi connectivity index (χ3n) is 3.06. The average molecular weight is 316 g/mol. The van der Waals surface area contributed by atoms with Gasteiger partial charge < -0.3 is 14.8 Å². The second kappa shape index (κ2) is 7.26. The Balaban J connectivity index is 2.01. The molecule has 0 spiro atoms. The number of anilines is 1. The molecule has 2 aromatic carbocycles. The van der Waals surface area contributed by atoms with Gasteiger partial charge in [-0.2, -0.15) is 0 Å². The third kappa shape index (κ3) is 4.44. The van der Waals surface area contributed by atoms with Gasteiger partial charge in [-0.05, 0) is 31.2 Å². The lowest BCUT2D eigenvalue weighted by Gasteiger charge is -2.09. The fourth-order valence-electron chi connectivity index (χ4n) is 1.87. The average Bonchev–Trinajstić information content (AvgIpc) is 2.54. The number of methoxy groups -OCH3 is 1. The Morgan fingerprint density at radius 3 is 2.52 bits per heavy atom. The minimum atomic E-state index is -0.588. The van der Waals surface area contributed by atoms with Gasteiger partial charge in [0, 0.05) is 5.69 Å². The van der Waals surface area contributed by atoms with Crippen molar-refractivity contribution in [1.29, 1.82) is 0 Å². The second-order valence-corrected chi connectivity index (χ2v) is 4.79. The van der Waals surface area contributed by atoms with Crippen molar-refractivity contribution < 1.29 is 19.2 Å². The molecule has 23 heavy (non-hydrogen) atoms. The first-order chi connectivity index (χ1) is 11.0. The van der Waals surface area contributed by atoms with Crippen LogP contribution in [0.3, 0.4) is 0 Å². The van der Waals surface area contributed by atoms with Crippen molar-refractivity contribution in [2.24, 2.45) is 0 Å². The van der Waals surface area contributed by atoms with Crippen LogP contribution in [0.2, 0.25) is 0 Å². The van der Waals surface area contributed by atoms with Gasteiger partial charge in [-0.1, -0.05) is 17.7 Å². The Morgan fingerprint density at radius 2 is 1.91 bits per heavy atom. The molecule has 0 radical (unpaired) electrons. The molecule has 2 rings (SSSR count). The number of nitro benzene ring substituents is 1. The molecule has 7 nitrogen and oxygen atoms in total. The van der Waals surface area contributed by atoms with Crippen molar-refractivity contribution in [3.05, 3.63) is 58.1 Å².